The van der Waals surface area contributed by atoms with Gasteiger partial charge in [0.25, 0.3) is 0 Å². The summed E-state index contributed by atoms with van der Waals surface area (Å²) in [7, 11) is 0. The molecule has 0 saturated carbocycles. The third-order valence-corrected chi connectivity index (χ3v) is 4.19. The molecule has 0 amide bonds. The first-order chi connectivity index (χ1) is 8.61. The van der Waals surface area contributed by atoms with Gasteiger partial charge in [-0.05, 0) is 18.6 Å². The Hall–Kier alpha value is -0.970. The number of thiazole rings is 1. The molecule has 0 fully saturated rings. The van der Waals surface area contributed by atoms with Gasteiger partial charge in [0.2, 0.25) is 0 Å². The van der Waals surface area contributed by atoms with Crippen LogP contribution in [-0.4, -0.2) is 4.98 Å². The van der Waals surface area contributed by atoms with Gasteiger partial charge in [-0.3, -0.25) is 0 Å². The highest BCUT2D eigenvalue weighted by molar-refractivity contribution is 7.09. The van der Waals surface area contributed by atoms with Gasteiger partial charge in [0.05, 0.1) is 27.5 Å². The Balaban J connectivity index is 2.25. The van der Waals surface area contributed by atoms with Gasteiger partial charge in [0.15, 0.2) is 0 Å². The number of hydrogen-bond acceptors (Lipinski definition) is 4. The quantitative estimate of drug-likeness (QED) is 0.812. The van der Waals surface area contributed by atoms with E-state index in [2.05, 4.69) is 17.2 Å². The second kappa shape index (κ2) is 5.78. The summed E-state index contributed by atoms with van der Waals surface area (Å²) >= 11 is 13.5. The van der Waals surface area contributed by atoms with Crippen molar-refractivity contribution in [1.29, 1.82) is 0 Å². The standard InChI is InChI=1S/C12H13Cl2N3S/c1-2-10(12-16-3-4-18-12)17-11-6-8(14)7(13)5-9(11)15/h3-6,10,17H,2,15H2,1H3. The van der Waals surface area contributed by atoms with Gasteiger partial charge in [0, 0.05) is 11.6 Å². The smallest absolute Gasteiger partial charge is 0.115 e. The number of rotatable bonds is 4. The molecule has 3 nitrogen and oxygen atoms in total. The van der Waals surface area contributed by atoms with Crippen molar-refractivity contribution in [2.45, 2.75) is 19.4 Å². The van der Waals surface area contributed by atoms with Gasteiger partial charge in [-0.25, -0.2) is 4.98 Å². The SMILES string of the molecule is CCC(Nc1cc(Cl)c(Cl)cc1N)c1nccs1. The van der Waals surface area contributed by atoms with E-state index in [1.165, 1.54) is 0 Å². The first kappa shape index (κ1) is 13.5. The van der Waals surface area contributed by atoms with E-state index in [0.29, 0.717) is 15.7 Å². The lowest BCUT2D eigenvalue weighted by Gasteiger charge is -2.18. The Morgan fingerprint density at radius 3 is 2.72 bits per heavy atom. The largest absolute Gasteiger partial charge is 0.397 e. The molecule has 1 aromatic carbocycles. The van der Waals surface area contributed by atoms with Crippen LogP contribution in [0.3, 0.4) is 0 Å². The van der Waals surface area contributed by atoms with Crippen LogP contribution in [0, 0.1) is 0 Å². The number of nitrogen functional groups attached to an aromatic ring is 1. The second-order valence-electron chi connectivity index (χ2n) is 3.83. The van der Waals surface area contributed by atoms with Gasteiger partial charge >= 0.3 is 0 Å². The topological polar surface area (TPSA) is 50.9 Å². The van der Waals surface area contributed by atoms with E-state index in [1.807, 2.05) is 5.38 Å². The van der Waals surface area contributed by atoms with Crippen LogP contribution < -0.4 is 11.1 Å². The first-order valence-corrected chi connectivity index (χ1v) is 7.15. The molecule has 2 rings (SSSR count). The number of anilines is 2. The van der Waals surface area contributed by atoms with Gasteiger partial charge in [0.1, 0.15) is 5.01 Å². The van der Waals surface area contributed by atoms with E-state index in [-0.39, 0.29) is 6.04 Å². The van der Waals surface area contributed by atoms with Crippen LogP contribution in [0.4, 0.5) is 11.4 Å². The fourth-order valence-electron chi connectivity index (χ4n) is 1.62. The van der Waals surface area contributed by atoms with Crippen molar-refractivity contribution in [1.82, 2.24) is 4.98 Å². The predicted molar refractivity (Wildman–Crippen MR) is 79.6 cm³/mol. The maximum absolute atomic E-state index is 6.00. The average molecular weight is 302 g/mol. The summed E-state index contributed by atoms with van der Waals surface area (Å²) in [4.78, 5) is 4.31. The third-order valence-electron chi connectivity index (χ3n) is 2.58. The number of nitrogens with one attached hydrogen (secondary N) is 1. The maximum Gasteiger partial charge on any atom is 0.115 e. The molecule has 1 unspecified atom stereocenters. The van der Waals surface area contributed by atoms with Crippen LogP contribution in [0.1, 0.15) is 24.4 Å². The summed E-state index contributed by atoms with van der Waals surface area (Å²) in [6.45, 7) is 2.09. The highest BCUT2D eigenvalue weighted by atomic mass is 35.5. The van der Waals surface area contributed by atoms with E-state index in [1.54, 1.807) is 29.7 Å². The normalized spacial score (nSPS) is 12.4. The molecule has 1 atom stereocenters. The van der Waals surface area contributed by atoms with E-state index in [9.17, 15) is 0 Å². The van der Waals surface area contributed by atoms with E-state index >= 15 is 0 Å². The van der Waals surface area contributed by atoms with Crippen LogP contribution in [0.15, 0.2) is 23.7 Å². The Morgan fingerprint density at radius 1 is 1.39 bits per heavy atom. The van der Waals surface area contributed by atoms with Crippen LogP contribution in [-0.2, 0) is 0 Å². The molecular formula is C12H13Cl2N3S. The van der Waals surface area contributed by atoms with Crippen molar-refractivity contribution in [3.8, 4) is 0 Å². The summed E-state index contributed by atoms with van der Waals surface area (Å²) < 4.78 is 0. The molecule has 0 saturated heterocycles. The van der Waals surface area contributed by atoms with E-state index < -0.39 is 0 Å². The molecule has 3 N–H and O–H groups in total. The maximum atomic E-state index is 6.00. The molecule has 6 heteroatoms. The lowest BCUT2D eigenvalue weighted by Crippen LogP contribution is -2.10. The van der Waals surface area contributed by atoms with Crippen LogP contribution >= 0.6 is 34.5 Å². The lowest BCUT2D eigenvalue weighted by molar-refractivity contribution is 0.742. The van der Waals surface area contributed by atoms with Crippen LogP contribution in [0.5, 0.6) is 0 Å². The molecule has 0 aliphatic heterocycles. The molecular weight excluding hydrogens is 289 g/mol. The average Bonchev–Trinajstić information content (AvgIpc) is 2.85. The molecule has 0 aliphatic carbocycles. The second-order valence-corrected chi connectivity index (χ2v) is 5.57. The molecule has 0 aliphatic rings. The highest BCUT2D eigenvalue weighted by Crippen LogP contribution is 2.33. The minimum absolute atomic E-state index is 0.129. The van der Waals surface area contributed by atoms with Crippen molar-refractivity contribution >= 4 is 45.9 Å². The van der Waals surface area contributed by atoms with Gasteiger partial charge in [-0.1, -0.05) is 30.1 Å². The van der Waals surface area contributed by atoms with Crippen LogP contribution in [0.25, 0.3) is 0 Å². The molecule has 96 valence electrons. The molecule has 0 spiro atoms. The van der Waals surface area contributed by atoms with Gasteiger partial charge < -0.3 is 11.1 Å². The summed E-state index contributed by atoms with van der Waals surface area (Å²) in [5.74, 6) is 0. The summed E-state index contributed by atoms with van der Waals surface area (Å²) in [6, 6.07) is 3.53. The summed E-state index contributed by atoms with van der Waals surface area (Å²) in [6.07, 6.45) is 2.70. The molecule has 18 heavy (non-hydrogen) atoms. The first-order valence-electron chi connectivity index (χ1n) is 5.52. The van der Waals surface area contributed by atoms with Crippen molar-refractivity contribution < 1.29 is 0 Å². The fraction of sp³-hybridized carbons (Fsp3) is 0.250. The fourth-order valence-corrected chi connectivity index (χ4v) is 2.73. The molecule has 0 bridgehead atoms. The Labute approximate surface area is 120 Å². The minimum Gasteiger partial charge on any atom is -0.397 e. The molecule has 1 heterocycles. The minimum atomic E-state index is 0.129. The summed E-state index contributed by atoms with van der Waals surface area (Å²) in [5, 5.41) is 7.28. The molecule has 1 aromatic heterocycles. The van der Waals surface area contributed by atoms with E-state index in [4.69, 9.17) is 28.9 Å². The zero-order valence-corrected chi connectivity index (χ0v) is 12.1. The number of benzene rings is 1. The van der Waals surface area contributed by atoms with Crippen molar-refractivity contribution in [3.05, 3.63) is 38.8 Å². The van der Waals surface area contributed by atoms with Crippen LogP contribution in [0.2, 0.25) is 10.0 Å². The number of halogens is 2. The van der Waals surface area contributed by atoms with Crippen molar-refractivity contribution in [2.75, 3.05) is 11.1 Å². The van der Waals surface area contributed by atoms with Crippen molar-refractivity contribution in [2.24, 2.45) is 0 Å². The number of hydrogen-bond donors (Lipinski definition) is 2. The molecule has 2 aromatic rings. The lowest BCUT2D eigenvalue weighted by atomic mass is 10.2. The highest BCUT2D eigenvalue weighted by Gasteiger charge is 2.14. The Kier molecular flexibility index (Phi) is 4.32. The van der Waals surface area contributed by atoms with Gasteiger partial charge in [-0.2, -0.15) is 0 Å². The monoisotopic (exact) mass is 301 g/mol. The number of nitrogens with two attached hydrogens (primary N) is 1. The zero-order chi connectivity index (χ0) is 13.1. The van der Waals surface area contributed by atoms with Crippen molar-refractivity contribution in [3.63, 3.8) is 0 Å². The molecule has 0 radical (unpaired) electrons. The van der Waals surface area contributed by atoms with E-state index in [0.717, 1.165) is 17.1 Å². The number of nitrogens with zero attached hydrogens (tertiary/aromatic N) is 1. The number of aromatic nitrogens is 1. The Morgan fingerprint density at radius 2 is 2.11 bits per heavy atom. The Bertz CT molecular complexity index is 528. The zero-order valence-electron chi connectivity index (χ0n) is 9.78. The third kappa shape index (κ3) is 2.88. The predicted octanol–water partition coefficient (Wildman–Crippen LogP) is 4.60. The van der Waals surface area contributed by atoms with Gasteiger partial charge in [-0.15, -0.1) is 11.3 Å². The summed E-state index contributed by atoms with van der Waals surface area (Å²) in [5.41, 5.74) is 7.29.